The Balaban J connectivity index is 2.18. The lowest BCUT2D eigenvalue weighted by Gasteiger charge is -2.38. The van der Waals surface area contributed by atoms with Gasteiger partial charge in [-0.25, -0.2) is 8.42 Å². The van der Waals surface area contributed by atoms with Crippen molar-refractivity contribution in [1.82, 2.24) is 9.80 Å². The van der Waals surface area contributed by atoms with Gasteiger partial charge in [0.05, 0.1) is 4.90 Å². The summed E-state index contributed by atoms with van der Waals surface area (Å²) in [6, 6.07) is 5.66. The molecule has 0 spiro atoms. The van der Waals surface area contributed by atoms with Crippen molar-refractivity contribution in [2.24, 2.45) is 5.73 Å². The van der Waals surface area contributed by atoms with Crippen molar-refractivity contribution < 1.29 is 18.0 Å². The number of nitrogens with two attached hydrogens (primary N) is 1. The maximum Gasteiger partial charge on any atom is 0.254 e. The van der Waals surface area contributed by atoms with Gasteiger partial charge in [0.2, 0.25) is 5.91 Å². The van der Waals surface area contributed by atoms with Crippen molar-refractivity contribution in [1.29, 1.82) is 0 Å². The third-order valence-electron chi connectivity index (χ3n) is 4.69. The second-order valence-corrected chi connectivity index (χ2v) is 8.98. The highest BCUT2D eigenvalue weighted by Gasteiger charge is 2.30. The third kappa shape index (κ3) is 4.62. The molecule has 2 rings (SSSR count). The first-order valence-electron chi connectivity index (χ1n) is 8.73. The molecule has 2 atom stereocenters. The Morgan fingerprint density at radius 2 is 1.85 bits per heavy atom. The molecule has 1 aliphatic rings. The number of amides is 2. The van der Waals surface area contributed by atoms with Gasteiger partial charge in [0.1, 0.15) is 5.75 Å². The molecule has 0 aromatic heterocycles. The minimum absolute atomic E-state index is 0.00243. The van der Waals surface area contributed by atoms with Gasteiger partial charge in [-0.3, -0.25) is 9.59 Å². The fraction of sp³-hybridized carbons (Fsp3) is 0.556. The third-order valence-corrected chi connectivity index (χ3v) is 6.31. The zero-order valence-electron chi connectivity index (χ0n) is 15.5. The Labute approximate surface area is 155 Å². The number of nitrogens with zero attached hydrogens (tertiary/aromatic N) is 2. The Hall–Kier alpha value is -1.93. The highest BCUT2D eigenvalue weighted by atomic mass is 32.2. The molecule has 8 heteroatoms. The van der Waals surface area contributed by atoms with Crippen LogP contribution in [0.4, 0.5) is 0 Å². The average Bonchev–Trinajstić information content (AvgIpc) is 2.60. The smallest absolute Gasteiger partial charge is 0.254 e. The van der Waals surface area contributed by atoms with E-state index in [1.54, 1.807) is 4.90 Å². The number of carbonyl (C=O) groups is 2. The predicted molar refractivity (Wildman–Crippen MR) is 99.5 cm³/mol. The normalized spacial score (nSPS) is 19.1. The topological polar surface area (TPSA) is 101 Å². The first-order chi connectivity index (χ1) is 12.1. The standard InChI is InChI=1S/C18H27N3O4S/c1-13(19)16-6-4-5-11-21(16)18(23)14-7-9-15(10-8-14)26(24,25)12-17(22)20(2)3/h7-10,13,16H,4-6,11-12,19H2,1-3H3. The molecule has 0 saturated carbocycles. The van der Waals surface area contributed by atoms with Gasteiger partial charge in [0, 0.05) is 38.3 Å². The minimum Gasteiger partial charge on any atom is -0.348 e. The number of rotatable bonds is 5. The Morgan fingerprint density at radius 1 is 1.23 bits per heavy atom. The molecule has 144 valence electrons. The number of hydrogen-bond donors (Lipinski definition) is 1. The van der Waals surface area contributed by atoms with Crippen LogP contribution in [-0.4, -0.2) is 68.5 Å². The van der Waals surface area contributed by atoms with E-state index in [2.05, 4.69) is 0 Å². The van der Waals surface area contributed by atoms with Gasteiger partial charge in [-0.1, -0.05) is 0 Å². The van der Waals surface area contributed by atoms with Crippen molar-refractivity contribution in [3.8, 4) is 0 Å². The molecule has 2 N–H and O–H groups in total. The largest absolute Gasteiger partial charge is 0.348 e. The van der Waals surface area contributed by atoms with Crippen LogP contribution in [0, 0.1) is 0 Å². The molecule has 7 nitrogen and oxygen atoms in total. The molecule has 1 aromatic carbocycles. The summed E-state index contributed by atoms with van der Waals surface area (Å²) in [6.45, 7) is 2.55. The van der Waals surface area contributed by atoms with Crippen molar-refractivity contribution in [2.75, 3.05) is 26.4 Å². The minimum atomic E-state index is -3.73. The molecule has 0 radical (unpaired) electrons. The van der Waals surface area contributed by atoms with Crippen LogP contribution >= 0.6 is 0 Å². The summed E-state index contributed by atoms with van der Waals surface area (Å²) in [5.74, 6) is -1.22. The van der Waals surface area contributed by atoms with Gasteiger partial charge >= 0.3 is 0 Å². The van der Waals surface area contributed by atoms with E-state index >= 15 is 0 Å². The second kappa shape index (κ2) is 8.18. The molecule has 26 heavy (non-hydrogen) atoms. The number of likely N-dealkylation sites (tertiary alicyclic amines) is 1. The van der Waals surface area contributed by atoms with E-state index < -0.39 is 21.5 Å². The molecule has 1 aliphatic heterocycles. The fourth-order valence-electron chi connectivity index (χ4n) is 3.10. The molecule has 1 heterocycles. The molecule has 1 saturated heterocycles. The highest BCUT2D eigenvalue weighted by Crippen LogP contribution is 2.22. The summed E-state index contributed by atoms with van der Waals surface area (Å²) < 4.78 is 24.6. The molecule has 1 fully saturated rings. The molecule has 2 amide bonds. The Bertz CT molecular complexity index is 757. The lowest BCUT2D eigenvalue weighted by molar-refractivity contribution is -0.125. The van der Waals surface area contributed by atoms with Crippen LogP contribution in [0.15, 0.2) is 29.2 Å². The van der Waals surface area contributed by atoms with E-state index in [9.17, 15) is 18.0 Å². The van der Waals surface area contributed by atoms with Crippen LogP contribution in [0.1, 0.15) is 36.5 Å². The summed E-state index contributed by atoms with van der Waals surface area (Å²) in [5.41, 5.74) is 6.44. The summed E-state index contributed by atoms with van der Waals surface area (Å²) in [6.07, 6.45) is 2.86. The summed E-state index contributed by atoms with van der Waals surface area (Å²) in [4.78, 5) is 27.5. The maximum absolute atomic E-state index is 12.8. The first kappa shape index (κ1) is 20.4. The van der Waals surface area contributed by atoms with E-state index in [0.717, 1.165) is 19.3 Å². The molecule has 0 bridgehead atoms. The molecular formula is C18H27N3O4S. The molecule has 0 aliphatic carbocycles. The predicted octanol–water partition coefficient (Wildman–Crippen LogP) is 0.890. The second-order valence-electron chi connectivity index (χ2n) is 6.99. The van der Waals surface area contributed by atoms with Crippen LogP contribution in [-0.2, 0) is 14.6 Å². The van der Waals surface area contributed by atoms with Crippen molar-refractivity contribution in [3.63, 3.8) is 0 Å². The van der Waals surface area contributed by atoms with Crippen LogP contribution in [0.5, 0.6) is 0 Å². The lowest BCUT2D eigenvalue weighted by atomic mass is 9.96. The van der Waals surface area contributed by atoms with Gasteiger partial charge in [0.15, 0.2) is 9.84 Å². The Kier molecular flexibility index (Phi) is 6.41. The van der Waals surface area contributed by atoms with Crippen LogP contribution < -0.4 is 5.73 Å². The molecule has 1 aromatic rings. The van der Waals surface area contributed by atoms with Gasteiger partial charge in [-0.2, -0.15) is 0 Å². The zero-order chi connectivity index (χ0) is 19.5. The van der Waals surface area contributed by atoms with E-state index in [-0.39, 0.29) is 22.9 Å². The highest BCUT2D eigenvalue weighted by molar-refractivity contribution is 7.92. The van der Waals surface area contributed by atoms with Crippen LogP contribution in [0.3, 0.4) is 0 Å². The monoisotopic (exact) mass is 381 g/mol. The van der Waals surface area contributed by atoms with E-state index in [1.165, 1.54) is 43.3 Å². The number of benzene rings is 1. The number of sulfone groups is 1. The summed E-state index contributed by atoms with van der Waals surface area (Å²) in [5, 5.41) is 0. The van der Waals surface area contributed by atoms with Gasteiger partial charge < -0.3 is 15.5 Å². The summed E-state index contributed by atoms with van der Waals surface area (Å²) in [7, 11) is -0.718. The van der Waals surface area contributed by atoms with E-state index in [4.69, 9.17) is 5.73 Å². The van der Waals surface area contributed by atoms with Crippen molar-refractivity contribution in [3.05, 3.63) is 29.8 Å². The zero-order valence-corrected chi connectivity index (χ0v) is 16.3. The average molecular weight is 381 g/mol. The van der Waals surface area contributed by atoms with E-state index in [1.807, 2.05) is 6.92 Å². The number of piperidine rings is 1. The van der Waals surface area contributed by atoms with Crippen molar-refractivity contribution in [2.45, 2.75) is 43.2 Å². The van der Waals surface area contributed by atoms with Gasteiger partial charge in [-0.05, 0) is 50.5 Å². The Morgan fingerprint density at radius 3 is 2.38 bits per heavy atom. The van der Waals surface area contributed by atoms with Gasteiger partial charge in [-0.15, -0.1) is 0 Å². The SMILES string of the molecule is CC(N)C1CCCCN1C(=O)c1ccc(S(=O)(=O)CC(=O)N(C)C)cc1. The summed E-state index contributed by atoms with van der Waals surface area (Å²) >= 11 is 0. The van der Waals surface area contributed by atoms with Gasteiger partial charge in [0.25, 0.3) is 5.91 Å². The maximum atomic E-state index is 12.8. The fourth-order valence-corrected chi connectivity index (χ4v) is 4.40. The lowest BCUT2D eigenvalue weighted by Crippen LogP contribution is -2.51. The van der Waals surface area contributed by atoms with E-state index in [0.29, 0.717) is 12.1 Å². The quantitative estimate of drug-likeness (QED) is 0.816. The van der Waals surface area contributed by atoms with Crippen LogP contribution in [0.25, 0.3) is 0 Å². The first-order valence-corrected chi connectivity index (χ1v) is 10.4. The molecule has 2 unspecified atom stereocenters. The number of carbonyl (C=O) groups excluding carboxylic acids is 2. The van der Waals surface area contributed by atoms with Crippen molar-refractivity contribution >= 4 is 21.7 Å². The van der Waals surface area contributed by atoms with Crippen LogP contribution in [0.2, 0.25) is 0 Å². The molecular weight excluding hydrogens is 354 g/mol. The number of hydrogen-bond acceptors (Lipinski definition) is 5.